The number of nitrogens with zero attached hydrogens (tertiary/aromatic N) is 2. The number of hydrogen-bond donors (Lipinski definition) is 1. The maximum absolute atomic E-state index is 12.1. The van der Waals surface area contributed by atoms with Gasteiger partial charge in [0.05, 0.1) is 10.6 Å². The molecule has 0 fully saturated rings. The summed E-state index contributed by atoms with van der Waals surface area (Å²) < 4.78 is 28.4. The molecule has 0 atom stereocenters. The van der Waals surface area contributed by atoms with Crippen LogP contribution in [-0.4, -0.2) is 18.2 Å². The Bertz CT molecular complexity index is 648. The standard InChI is InChI=1S/C13H17N3O2S/c1-3-13-11(10-16(2)15-13)9-14-19(17,18)12-7-5-4-6-8-12/h4-8,10,14H,3,9H2,1-2H3. The summed E-state index contributed by atoms with van der Waals surface area (Å²) in [5, 5.41) is 4.28. The van der Waals surface area contributed by atoms with Crippen molar-refractivity contribution in [2.75, 3.05) is 0 Å². The molecule has 5 nitrogen and oxygen atoms in total. The minimum atomic E-state index is -3.46. The van der Waals surface area contributed by atoms with E-state index in [1.807, 2.05) is 20.2 Å². The number of sulfonamides is 1. The molecule has 0 saturated carbocycles. The first-order chi connectivity index (χ1) is 9.03. The molecule has 0 radical (unpaired) electrons. The zero-order valence-corrected chi connectivity index (χ0v) is 11.8. The van der Waals surface area contributed by atoms with Crippen molar-refractivity contribution in [3.63, 3.8) is 0 Å². The summed E-state index contributed by atoms with van der Waals surface area (Å²) in [6, 6.07) is 8.35. The normalized spacial score (nSPS) is 11.7. The second kappa shape index (κ2) is 5.54. The van der Waals surface area contributed by atoms with Crippen LogP contribution in [0.2, 0.25) is 0 Å². The zero-order chi connectivity index (χ0) is 13.9. The minimum Gasteiger partial charge on any atom is -0.275 e. The smallest absolute Gasteiger partial charge is 0.240 e. The topological polar surface area (TPSA) is 64.0 Å². The molecular formula is C13H17N3O2S. The second-order valence-corrected chi connectivity index (χ2v) is 6.03. The van der Waals surface area contributed by atoms with Crippen molar-refractivity contribution in [2.45, 2.75) is 24.8 Å². The van der Waals surface area contributed by atoms with Crippen LogP contribution in [0.25, 0.3) is 0 Å². The van der Waals surface area contributed by atoms with Gasteiger partial charge < -0.3 is 0 Å². The molecule has 0 amide bonds. The van der Waals surface area contributed by atoms with Crippen molar-refractivity contribution < 1.29 is 8.42 Å². The highest BCUT2D eigenvalue weighted by Gasteiger charge is 2.14. The lowest BCUT2D eigenvalue weighted by atomic mass is 10.2. The molecule has 0 aliphatic rings. The number of rotatable bonds is 5. The van der Waals surface area contributed by atoms with Gasteiger partial charge in [-0.15, -0.1) is 0 Å². The molecule has 19 heavy (non-hydrogen) atoms. The Labute approximate surface area is 113 Å². The van der Waals surface area contributed by atoms with Crippen molar-refractivity contribution in [1.82, 2.24) is 14.5 Å². The van der Waals surface area contributed by atoms with Gasteiger partial charge in [0.15, 0.2) is 0 Å². The number of aromatic nitrogens is 2. The second-order valence-electron chi connectivity index (χ2n) is 4.27. The fraction of sp³-hybridized carbons (Fsp3) is 0.308. The van der Waals surface area contributed by atoms with Crippen LogP contribution < -0.4 is 4.72 Å². The van der Waals surface area contributed by atoms with Gasteiger partial charge >= 0.3 is 0 Å². The molecule has 6 heteroatoms. The van der Waals surface area contributed by atoms with Crippen LogP contribution in [0.3, 0.4) is 0 Å². The third-order valence-corrected chi connectivity index (χ3v) is 4.25. The first kappa shape index (κ1) is 13.8. The van der Waals surface area contributed by atoms with E-state index in [2.05, 4.69) is 9.82 Å². The van der Waals surface area contributed by atoms with E-state index in [0.29, 0.717) is 0 Å². The van der Waals surface area contributed by atoms with Crippen LogP contribution in [0.5, 0.6) is 0 Å². The lowest BCUT2D eigenvalue weighted by Gasteiger charge is -2.06. The Morgan fingerprint density at radius 2 is 1.95 bits per heavy atom. The molecule has 0 saturated heterocycles. The molecule has 1 aromatic heterocycles. The monoisotopic (exact) mass is 279 g/mol. The fourth-order valence-electron chi connectivity index (χ4n) is 1.88. The van der Waals surface area contributed by atoms with Gasteiger partial charge in [-0.3, -0.25) is 4.68 Å². The quantitative estimate of drug-likeness (QED) is 0.901. The van der Waals surface area contributed by atoms with Gasteiger partial charge in [0.25, 0.3) is 0 Å². The third kappa shape index (κ3) is 3.21. The van der Waals surface area contributed by atoms with Crippen LogP contribution in [0.1, 0.15) is 18.2 Å². The average Bonchev–Trinajstić information content (AvgIpc) is 2.78. The third-order valence-electron chi connectivity index (χ3n) is 2.83. The molecule has 0 aliphatic heterocycles. The molecule has 1 N–H and O–H groups in total. The van der Waals surface area contributed by atoms with E-state index in [1.54, 1.807) is 35.0 Å². The summed E-state index contributed by atoms with van der Waals surface area (Å²) in [5.41, 5.74) is 1.82. The lowest BCUT2D eigenvalue weighted by Crippen LogP contribution is -2.23. The van der Waals surface area contributed by atoms with Crippen molar-refractivity contribution >= 4 is 10.0 Å². The molecule has 0 bridgehead atoms. The molecule has 0 spiro atoms. The van der Waals surface area contributed by atoms with Gasteiger partial charge in [0.2, 0.25) is 10.0 Å². The summed E-state index contributed by atoms with van der Waals surface area (Å²) in [7, 11) is -1.63. The van der Waals surface area contributed by atoms with E-state index in [-0.39, 0.29) is 11.4 Å². The van der Waals surface area contributed by atoms with Crippen molar-refractivity contribution in [1.29, 1.82) is 0 Å². The lowest BCUT2D eigenvalue weighted by molar-refractivity contribution is 0.581. The van der Waals surface area contributed by atoms with Gasteiger partial charge in [-0.05, 0) is 18.6 Å². The fourth-order valence-corrected chi connectivity index (χ4v) is 2.91. The SMILES string of the molecule is CCc1nn(C)cc1CNS(=O)(=O)c1ccccc1. The summed E-state index contributed by atoms with van der Waals surface area (Å²) in [5.74, 6) is 0. The Hall–Kier alpha value is -1.66. The summed E-state index contributed by atoms with van der Waals surface area (Å²) in [6.07, 6.45) is 2.62. The summed E-state index contributed by atoms with van der Waals surface area (Å²) in [4.78, 5) is 0.275. The predicted molar refractivity (Wildman–Crippen MR) is 73.1 cm³/mol. The molecule has 0 unspecified atom stereocenters. The molecular weight excluding hydrogens is 262 g/mol. The highest BCUT2D eigenvalue weighted by molar-refractivity contribution is 7.89. The Balaban J connectivity index is 2.14. The Morgan fingerprint density at radius 3 is 2.58 bits per heavy atom. The number of hydrogen-bond acceptors (Lipinski definition) is 3. The average molecular weight is 279 g/mol. The van der Waals surface area contributed by atoms with E-state index >= 15 is 0 Å². The number of benzene rings is 1. The minimum absolute atomic E-state index is 0.258. The highest BCUT2D eigenvalue weighted by Crippen LogP contribution is 2.11. The van der Waals surface area contributed by atoms with Gasteiger partial charge in [0.1, 0.15) is 0 Å². The molecule has 1 aromatic carbocycles. The maximum atomic E-state index is 12.1. The summed E-state index contributed by atoms with van der Waals surface area (Å²) >= 11 is 0. The van der Waals surface area contributed by atoms with Crippen LogP contribution >= 0.6 is 0 Å². The first-order valence-electron chi connectivity index (χ1n) is 6.09. The van der Waals surface area contributed by atoms with E-state index in [4.69, 9.17) is 0 Å². The number of aryl methyl sites for hydroxylation is 2. The van der Waals surface area contributed by atoms with Crippen LogP contribution in [0, 0.1) is 0 Å². The molecule has 102 valence electrons. The molecule has 1 heterocycles. The maximum Gasteiger partial charge on any atom is 0.240 e. The van der Waals surface area contributed by atoms with Crippen molar-refractivity contribution in [3.8, 4) is 0 Å². The van der Waals surface area contributed by atoms with E-state index < -0.39 is 10.0 Å². The van der Waals surface area contributed by atoms with Crippen molar-refractivity contribution in [3.05, 3.63) is 47.8 Å². The van der Waals surface area contributed by atoms with Crippen LogP contribution in [-0.2, 0) is 30.0 Å². The Morgan fingerprint density at radius 1 is 1.26 bits per heavy atom. The zero-order valence-electron chi connectivity index (χ0n) is 11.0. The van der Waals surface area contributed by atoms with Crippen LogP contribution in [0.15, 0.2) is 41.4 Å². The van der Waals surface area contributed by atoms with Crippen molar-refractivity contribution in [2.24, 2.45) is 7.05 Å². The molecule has 2 aromatic rings. The van der Waals surface area contributed by atoms with Gasteiger partial charge in [-0.2, -0.15) is 5.10 Å². The molecule has 0 aliphatic carbocycles. The largest absolute Gasteiger partial charge is 0.275 e. The van der Waals surface area contributed by atoms with Gasteiger partial charge in [-0.1, -0.05) is 25.1 Å². The van der Waals surface area contributed by atoms with Gasteiger partial charge in [0, 0.05) is 25.4 Å². The first-order valence-corrected chi connectivity index (χ1v) is 7.57. The predicted octanol–water partition coefficient (Wildman–Crippen LogP) is 1.46. The van der Waals surface area contributed by atoms with Gasteiger partial charge in [-0.25, -0.2) is 13.1 Å². The van der Waals surface area contributed by atoms with E-state index in [9.17, 15) is 8.42 Å². The number of nitrogens with one attached hydrogen (secondary N) is 1. The van der Waals surface area contributed by atoms with E-state index in [0.717, 1.165) is 17.7 Å². The summed E-state index contributed by atoms with van der Waals surface area (Å²) in [6.45, 7) is 2.26. The Kier molecular flexibility index (Phi) is 4.01. The molecule has 2 rings (SSSR count). The van der Waals surface area contributed by atoms with Crippen LogP contribution in [0.4, 0.5) is 0 Å². The van der Waals surface area contributed by atoms with E-state index in [1.165, 1.54) is 0 Å². The highest BCUT2D eigenvalue weighted by atomic mass is 32.2.